The molecular weight excluding hydrogens is 326 g/mol. The molecule has 0 aliphatic rings. The number of methoxy groups -OCH3 is 1. The standard InChI is InChI=1S/C21H37NO2Si/c1-8-9-10-11-20(24-25(6,7)21(2,3)4)17-22-16-18-12-14-19(23-5)15-13-18/h9-10,12-15,20,22H,8,11,16-17H2,1-7H3/b10-9+/t20-/m1/s1. The van der Waals surface area contributed by atoms with E-state index < -0.39 is 8.32 Å². The zero-order chi connectivity index (χ0) is 18.9. The van der Waals surface area contributed by atoms with Crippen molar-refractivity contribution in [2.75, 3.05) is 13.7 Å². The summed E-state index contributed by atoms with van der Waals surface area (Å²) in [5, 5.41) is 3.79. The van der Waals surface area contributed by atoms with Crippen LogP contribution in [0.15, 0.2) is 36.4 Å². The van der Waals surface area contributed by atoms with Crippen LogP contribution in [-0.4, -0.2) is 28.1 Å². The molecule has 1 aromatic rings. The predicted molar refractivity (Wildman–Crippen MR) is 111 cm³/mol. The molecule has 1 atom stereocenters. The van der Waals surface area contributed by atoms with Crippen molar-refractivity contribution in [3.05, 3.63) is 42.0 Å². The van der Waals surface area contributed by atoms with Crippen molar-refractivity contribution in [3.63, 3.8) is 0 Å². The van der Waals surface area contributed by atoms with Crippen LogP contribution in [0.4, 0.5) is 0 Å². The highest BCUT2D eigenvalue weighted by Gasteiger charge is 2.38. The molecule has 0 bridgehead atoms. The van der Waals surface area contributed by atoms with E-state index in [1.807, 2.05) is 12.1 Å². The molecule has 0 unspecified atom stereocenters. The van der Waals surface area contributed by atoms with E-state index in [1.54, 1.807) is 7.11 Å². The first-order valence-electron chi connectivity index (χ1n) is 9.36. The molecule has 0 radical (unpaired) electrons. The molecule has 0 aliphatic heterocycles. The molecule has 0 aliphatic carbocycles. The fraction of sp³-hybridized carbons (Fsp3) is 0.619. The fourth-order valence-electron chi connectivity index (χ4n) is 2.30. The summed E-state index contributed by atoms with van der Waals surface area (Å²) in [5.41, 5.74) is 1.26. The van der Waals surface area contributed by atoms with E-state index in [9.17, 15) is 0 Å². The van der Waals surface area contributed by atoms with Gasteiger partial charge in [-0.05, 0) is 48.7 Å². The minimum atomic E-state index is -1.76. The van der Waals surface area contributed by atoms with Crippen molar-refractivity contribution in [2.45, 2.75) is 71.3 Å². The maximum absolute atomic E-state index is 6.63. The van der Waals surface area contributed by atoms with E-state index >= 15 is 0 Å². The molecule has 0 aromatic heterocycles. The van der Waals surface area contributed by atoms with Gasteiger partial charge in [0, 0.05) is 13.1 Å². The SMILES string of the molecule is CC/C=C/C[C@H](CNCc1ccc(OC)cc1)O[Si](C)(C)C(C)(C)C. The van der Waals surface area contributed by atoms with Crippen molar-refractivity contribution in [1.82, 2.24) is 5.32 Å². The van der Waals surface area contributed by atoms with Crippen LogP contribution in [0, 0.1) is 0 Å². The minimum Gasteiger partial charge on any atom is -0.497 e. The van der Waals surface area contributed by atoms with Crippen LogP contribution in [0.1, 0.15) is 46.1 Å². The number of nitrogens with one attached hydrogen (secondary N) is 1. The third-order valence-electron chi connectivity index (χ3n) is 4.93. The molecule has 1 rings (SSSR count). The predicted octanol–water partition coefficient (Wildman–Crippen LogP) is 5.53. The molecule has 0 spiro atoms. The van der Waals surface area contributed by atoms with Crippen LogP contribution in [0.25, 0.3) is 0 Å². The quantitative estimate of drug-likeness (QED) is 0.438. The van der Waals surface area contributed by atoms with E-state index in [-0.39, 0.29) is 11.1 Å². The third kappa shape index (κ3) is 7.76. The lowest BCUT2D eigenvalue weighted by atomic mass is 10.2. The van der Waals surface area contributed by atoms with E-state index in [0.717, 1.165) is 31.7 Å². The summed E-state index contributed by atoms with van der Waals surface area (Å²) in [5.74, 6) is 0.896. The van der Waals surface area contributed by atoms with Crippen LogP contribution in [0.3, 0.4) is 0 Å². The summed E-state index contributed by atoms with van der Waals surface area (Å²) < 4.78 is 11.8. The zero-order valence-electron chi connectivity index (χ0n) is 17.2. The van der Waals surface area contributed by atoms with Gasteiger partial charge in [-0.3, -0.25) is 0 Å². The van der Waals surface area contributed by atoms with Crippen molar-refractivity contribution >= 4 is 8.32 Å². The summed E-state index contributed by atoms with van der Waals surface area (Å²) in [6.45, 7) is 15.4. The van der Waals surface area contributed by atoms with Crippen molar-refractivity contribution in [1.29, 1.82) is 0 Å². The number of benzene rings is 1. The van der Waals surface area contributed by atoms with Gasteiger partial charge in [-0.2, -0.15) is 0 Å². The molecule has 1 N–H and O–H groups in total. The average molecular weight is 364 g/mol. The van der Waals surface area contributed by atoms with Gasteiger partial charge in [0.1, 0.15) is 5.75 Å². The zero-order valence-corrected chi connectivity index (χ0v) is 18.2. The molecule has 0 saturated heterocycles. The topological polar surface area (TPSA) is 30.5 Å². The molecule has 0 heterocycles. The largest absolute Gasteiger partial charge is 0.497 e. The Labute approximate surface area is 155 Å². The van der Waals surface area contributed by atoms with Crippen LogP contribution in [0.5, 0.6) is 5.75 Å². The monoisotopic (exact) mass is 363 g/mol. The lowest BCUT2D eigenvalue weighted by molar-refractivity contribution is 0.179. The molecule has 142 valence electrons. The average Bonchev–Trinajstić information content (AvgIpc) is 2.54. The van der Waals surface area contributed by atoms with E-state index in [4.69, 9.17) is 9.16 Å². The first kappa shape index (κ1) is 21.9. The van der Waals surface area contributed by atoms with Gasteiger partial charge in [0.05, 0.1) is 13.2 Å². The first-order valence-corrected chi connectivity index (χ1v) is 12.3. The number of ether oxygens (including phenoxy) is 1. The minimum absolute atomic E-state index is 0.224. The Kier molecular flexibility index (Phi) is 8.90. The Balaban J connectivity index is 2.61. The van der Waals surface area contributed by atoms with Gasteiger partial charge in [-0.25, -0.2) is 0 Å². The summed E-state index contributed by atoms with van der Waals surface area (Å²) in [6.07, 6.45) is 6.75. The Morgan fingerprint density at radius 3 is 2.28 bits per heavy atom. The molecule has 4 heteroatoms. The Morgan fingerprint density at radius 2 is 1.76 bits per heavy atom. The molecule has 0 fully saturated rings. The van der Waals surface area contributed by atoms with Crippen LogP contribution in [0.2, 0.25) is 18.1 Å². The van der Waals surface area contributed by atoms with Crippen molar-refractivity contribution in [3.8, 4) is 5.75 Å². The molecule has 3 nitrogen and oxygen atoms in total. The normalized spacial score (nSPS) is 14.0. The van der Waals surface area contributed by atoms with Crippen molar-refractivity contribution in [2.24, 2.45) is 0 Å². The van der Waals surface area contributed by atoms with E-state index in [0.29, 0.717) is 0 Å². The lowest BCUT2D eigenvalue weighted by Crippen LogP contribution is -2.46. The summed E-state index contributed by atoms with van der Waals surface area (Å²) in [4.78, 5) is 0. The summed E-state index contributed by atoms with van der Waals surface area (Å²) >= 11 is 0. The lowest BCUT2D eigenvalue weighted by Gasteiger charge is -2.39. The second kappa shape index (κ2) is 10.1. The first-order chi connectivity index (χ1) is 11.7. The molecule has 1 aromatic carbocycles. The maximum Gasteiger partial charge on any atom is 0.192 e. The Hall–Kier alpha value is -1.10. The second-order valence-electron chi connectivity index (χ2n) is 8.09. The molecular formula is C21H37NO2Si. The number of rotatable bonds is 10. The number of allylic oxidation sites excluding steroid dienone is 1. The highest BCUT2D eigenvalue weighted by atomic mass is 28.4. The van der Waals surface area contributed by atoms with Crippen LogP contribution >= 0.6 is 0 Å². The van der Waals surface area contributed by atoms with Gasteiger partial charge >= 0.3 is 0 Å². The molecule has 0 amide bonds. The van der Waals surface area contributed by atoms with Gasteiger partial charge < -0.3 is 14.5 Å². The second-order valence-corrected chi connectivity index (χ2v) is 12.9. The maximum atomic E-state index is 6.63. The van der Waals surface area contributed by atoms with Gasteiger partial charge in [-0.15, -0.1) is 0 Å². The van der Waals surface area contributed by atoms with Crippen molar-refractivity contribution < 1.29 is 9.16 Å². The summed E-state index contributed by atoms with van der Waals surface area (Å²) in [7, 11) is -0.0659. The molecule has 0 saturated carbocycles. The van der Waals surface area contributed by atoms with E-state index in [1.165, 1.54) is 5.56 Å². The van der Waals surface area contributed by atoms with Gasteiger partial charge in [0.15, 0.2) is 8.32 Å². The number of hydrogen-bond donors (Lipinski definition) is 1. The fourth-order valence-corrected chi connectivity index (χ4v) is 3.67. The van der Waals surface area contributed by atoms with Gasteiger partial charge in [0.2, 0.25) is 0 Å². The Morgan fingerprint density at radius 1 is 1.12 bits per heavy atom. The smallest absolute Gasteiger partial charge is 0.192 e. The highest BCUT2D eigenvalue weighted by molar-refractivity contribution is 6.74. The Bertz CT molecular complexity index is 518. The summed E-state index contributed by atoms with van der Waals surface area (Å²) in [6, 6.07) is 8.22. The highest BCUT2D eigenvalue weighted by Crippen LogP contribution is 2.37. The van der Waals surface area contributed by atoms with Crippen LogP contribution < -0.4 is 10.1 Å². The van der Waals surface area contributed by atoms with E-state index in [2.05, 4.69) is 70.4 Å². The number of hydrogen-bond acceptors (Lipinski definition) is 3. The third-order valence-corrected chi connectivity index (χ3v) is 9.46. The van der Waals surface area contributed by atoms with Gasteiger partial charge in [-0.1, -0.05) is 52.0 Å². The molecule has 25 heavy (non-hydrogen) atoms. The van der Waals surface area contributed by atoms with Gasteiger partial charge in [0.25, 0.3) is 0 Å². The van der Waals surface area contributed by atoms with Crippen LogP contribution in [-0.2, 0) is 11.0 Å².